The van der Waals surface area contributed by atoms with Crippen molar-refractivity contribution in [3.05, 3.63) is 0 Å². The molecule has 1 aliphatic heterocycles. The topological polar surface area (TPSA) is 57.6 Å². The summed E-state index contributed by atoms with van der Waals surface area (Å²) < 4.78 is 0. The number of hydrogen-bond acceptors (Lipinski definition) is 2. The molecule has 1 atom stereocenters. The Labute approximate surface area is 89.3 Å². The summed E-state index contributed by atoms with van der Waals surface area (Å²) in [5, 5.41) is 9.04. The lowest BCUT2D eigenvalue weighted by Crippen LogP contribution is -2.39. The lowest BCUT2D eigenvalue weighted by molar-refractivity contribution is -0.147. The molecule has 0 radical (unpaired) electrons. The molecule has 1 saturated heterocycles. The quantitative estimate of drug-likeness (QED) is 0.744. The molecule has 1 N–H and O–H groups in total. The molecular formula is C11H17NO3. The number of nitrogens with zero attached hydrogens (tertiary/aromatic N) is 1. The largest absolute Gasteiger partial charge is 0.481 e. The van der Waals surface area contributed by atoms with Crippen LogP contribution in [-0.4, -0.2) is 35.0 Å². The van der Waals surface area contributed by atoms with Gasteiger partial charge in [0.2, 0.25) is 5.91 Å². The zero-order valence-electron chi connectivity index (χ0n) is 9.03. The van der Waals surface area contributed by atoms with E-state index in [-0.39, 0.29) is 11.8 Å². The Morgan fingerprint density at radius 3 is 2.47 bits per heavy atom. The lowest BCUT2D eigenvalue weighted by Gasteiger charge is -2.29. The van der Waals surface area contributed by atoms with Crippen molar-refractivity contribution >= 4 is 11.9 Å². The predicted octanol–water partition coefficient (Wildman–Crippen LogP) is 1.11. The summed E-state index contributed by atoms with van der Waals surface area (Å²) in [5.41, 5.74) is -0.723. The maximum absolute atomic E-state index is 11.9. The summed E-state index contributed by atoms with van der Waals surface area (Å²) in [5.74, 6) is -0.432. The Balaban J connectivity index is 1.97. The molecule has 0 spiro atoms. The molecule has 1 heterocycles. The Kier molecular flexibility index (Phi) is 2.44. The highest BCUT2D eigenvalue weighted by molar-refractivity contribution is 5.82. The van der Waals surface area contributed by atoms with Gasteiger partial charge in [0.1, 0.15) is 0 Å². The molecule has 2 aliphatic rings. The Bertz CT molecular complexity index is 298. The van der Waals surface area contributed by atoms with Gasteiger partial charge in [0.15, 0.2) is 0 Å². The third kappa shape index (κ3) is 1.73. The smallest absolute Gasteiger partial charge is 0.311 e. The van der Waals surface area contributed by atoms with E-state index in [4.69, 9.17) is 5.11 Å². The number of carboxylic acids is 1. The molecule has 1 saturated carbocycles. The standard InChI is InChI=1S/C11H17NO3/c1-11(10(14)15)5-6-12(7-11)9(13)8-3-2-4-8/h8H,2-7H2,1H3,(H,14,15). The van der Waals surface area contributed by atoms with Crippen LogP contribution in [-0.2, 0) is 9.59 Å². The molecule has 2 fully saturated rings. The first-order valence-electron chi connectivity index (χ1n) is 5.55. The van der Waals surface area contributed by atoms with Crippen molar-refractivity contribution in [1.29, 1.82) is 0 Å². The van der Waals surface area contributed by atoms with Gasteiger partial charge in [-0.1, -0.05) is 6.42 Å². The van der Waals surface area contributed by atoms with E-state index in [2.05, 4.69) is 0 Å². The van der Waals surface area contributed by atoms with Crippen LogP contribution in [0, 0.1) is 11.3 Å². The van der Waals surface area contributed by atoms with E-state index in [1.807, 2.05) is 0 Å². The zero-order chi connectivity index (χ0) is 11.1. The summed E-state index contributed by atoms with van der Waals surface area (Å²) in [4.78, 5) is 24.6. The molecule has 1 aliphatic carbocycles. The van der Waals surface area contributed by atoms with Crippen molar-refractivity contribution in [2.45, 2.75) is 32.6 Å². The van der Waals surface area contributed by atoms with Gasteiger partial charge in [0, 0.05) is 19.0 Å². The van der Waals surface area contributed by atoms with Crippen molar-refractivity contribution < 1.29 is 14.7 Å². The Hall–Kier alpha value is -1.06. The SMILES string of the molecule is CC1(C(=O)O)CCN(C(=O)C2CCC2)C1. The molecule has 0 bridgehead atoms. The van der Waals surface area contributed by atoms with Crippen LogP contribution in [0.2, 0.25) is 0 Å². The van der Waals surface area contributed by atoms with E-state index in [9.17, 15) is 9.59 Å². The maximum Gasteiger partial charge on any atom is 0.311 e. The van der Waals surface area contributed by atoms with Crippen LogP contribution in [0.4, 0.5) is 0 Å². The van der Waals surface area contributed by atoms with Crippen molar-refractivity contribution in [2.24, 2.45) is 11.3 Å². The number of carboxylic acid groups (broad SMARTS) is 1. The van der Waals surface area contributed by atoms with Crippen molar-refractivity contribution in [3.8, 4) is 0 Å². The summed E-state index contributed by atoms with van der Waals surface area (Å²) >= 11 is 0. The Morgan fingerprint density at radius 2 is 2.07 bits per heavy atom. The van der Waals surface area contributed by atoms with Crippen molar-refractivity contribution in [3.63, 3.8) is 0 Å². The van der Waals surface area contributed by atoms with Gasteiger partial charge in [-0.15, -0.1) is 0 Å². The second-order valence-electron chi connectivity index (χ2n) is 5.00. The van der Waals surface area contributed by atoms with Gasteiger partial charge in [0.05, 0.1) is 5.41 Å². The molecule has 4 nitrogen and oxygen atoms in total. The molecule has 2 rings (SSSR count). The first-order valence-corrected chi connectivity index (χ1v) is 5.55. The van der Waals surface area contributed by atoms with Gasteiger partial charge in [-0.25, -0.2) is 0 Å². The fourth-order valence-corrected chi connectivity index (χ4v) is 2.24. The van der Waals surface area contributed by atoms with Crippen LogP contribution in [0.15, 0.2) is 0 Å². The third-order valence-corrected chi connectivity index (χ3v) is 3.76. The fourth-order valence-electron chi connectivity index (χ4n) is 2.24. The van der Waals surface area contributed by atoms with E-state index in [0.717, 1.165) is 19.3 Å². The number of likely N-dealkylation sites (tertiary alicyclic amines) is 1. The third-order valence-electron chi connectivity index (χ3n) is 3.76. The number of amides is 1. The fraction of sp³-hybridized carbons (Fsp3) is 0.818. The number of carbonyl (C=O) groups excluding carboxylic acids is 1. The van der Waals surface area contributed by atoms with E-state index in [1.54, 1.807) is 11.8 Å². The zero-order valence-corrected chi connectivity index (χ0v) is 9.03. The van der Waals surface area contributed by atoms with Crippen LogP contribution in [0.3, 0.4) is 0 Å². The monoisotopic (exact) mass is 211 g/mol. The van der Waals surface area contributed by atoms with Crippen LogP contribution in [0.5, 0.6) is 0 Å². The van der Waals surface area contributed by atoms with E-state index >= 15 is 0 Å². The summed E-state index contributed by atoms with van der Waals surface area (Å²) in [6.45, 7) is 2.72. The molecular weight excluding hydrogens is 194 g/mol. The van der Waals surface area contributed by atoms with Gasteiger partial charge in [-0.05, 0) is 26.2 Å². The maximum atomic E-state index is 11.9. The summed E-state index contributed by atoms with van der Waals surface area (Å²) in [6, 6.07) is 0. The van der Waals surface area contributed by atoms with E-state index in [0.29, 0.717) is 19.5 Å². The average Bonchev–Trinajstić information content (AvgIpc) is 2.46. The molecule has 0 aromatic heterocycles. The minimum Gasteiger partial charge on any atom is -0.481 e. The van der Waals surface area contributed by atoms with E-state index in [1.165, 1.54) is 0 Å². The molecule has 84 valence electrons. The van der Waals surface area contributed by atoms with Crippen molar-refractivity contribution in [2.75, 3.05) is 13.1 Å². The van der Waals surface area contributed by atoms with Gasteiger partial charge >= 0.3 is 5.97 Å². The first kappa shape index (κ1) is 10.5. The second kappa shape index (κ2) is 3.51. The molecule has 4 heteroatoms. The minimum absolute atomic E-state index is 0.172. The van der Waals surface area contributed by atoms with Crippen molar-refractivity contribution in [1.82, 2.24) is 4.90 Å². The number of rotatable bonds is 2. The van der Waals surface area contributed by atoms with Gasteiger partial charge in [0.25, 0.3) is 0 Å². The van der Waals surface area contributed by atoms with Gasteiger partial charge in [-0.2, -0.15) is 0 Å². The molecule has 0 aromatic rings. The first-order chi connectivity index (χ1) is 7.03. The van der Waals surface area contributed by atoms with Crippen LogP contribution >= 0.6 is 0 Å². The Morgan fingerprint density at radius 1 is 1.40 bits per heavy atom. The predicted molar refractivity (Wildman–Crippen MR) is 54.3 cm³/mol. The highest BCUT2D eigenvalue weighted by Crippen LogP contribution is 2.34. The van der Waals surface area contributed by atoms with Crippen LogP contribution in [0.25, 0.3) is 0 Å². The van der Waals surface area contributed by atoms with Crippen LogP contribution < -0.4 is 0 Å². The highest BCUT2D eigenvalue weighted by atomic mass is 16.4. The summed E-state index contributed by atoms with van der Waals surface area (Å²) in [6.07, 6.45) is 3.69. The number of hydrogen-bond donors (Lipinski definition) is 1. The summed E-state index contributed by atoms with van der Waals surface area (Å²) in [7, 11) is 0. The molecule has 1 unspecified atom stereocenters. The lowest BCUT2D eigenvalue weighted by atomic mass is 9.84. The number of carbonyl (C=O) groups is 2. The van der Waals surface area contributed by atoms with E-state index < -0.39 is 11.4 Å². The normalized spacial score (nSPS) is 31.4. The van der Waals surface area contributed by atoms with Gasteiger partial charge in [-0.3, -0.25) is 9.59 Å². The molecule has 0 aromatic carbocycles. The second-order valence-corrected chi connectivity index (χ2v) is 5.00. The average molecular weight is 211 g/mol. The molecule has 15 heavy (non-hydrogen) atoms. The molecule has 1 amide bonds. The highest BCUT2D eigenvalue weighted by Gasteiger charge is 2.43. The van der Waals surface area contributed by atoms with Crippen LogP contribution in [0.1, 0.15) is 32.6 Å². The number of aliphatic carboxylic acids is 1. The van der Waals surface area contributed by atoms with Gasteiger partial charge < -0.3 is 10.0 Å². The minimum atomic E-state index is -0.786.